The molecule has 2 aliphatic rings. The van der Waals surface area contributed by atoms with Gasteiger partial charge in [0.15, 0.2) is 6.61 Å². The van der Waals surface area contributed by atoms with Crippen LogP contribution >= 0.6 is 11.6 Å². The number of anilines is 1. The molecular formula is C16H20ClNO2. The first-order chi connectivity index (χ1) is 9.64. The Morgan fingerprint density at radius 1 is 1.40 bits per heavy atom. The van der Waals surface area contributed by atoms with E-state index in [9.17, 15) is 4.79 Å². The fourth-order valence-electron chi connectivity index (χ4n) is 3.48. The molecule has 0 radical (unpaired) electrons. The van der Waals surface area contributed by atoms with Gasteiger partial charge >= 0.3 is 0 Å². The van der Waals surface area contributed by atoms with Gasteiger partial charge in [0.2, 0.25) is 0 Å². The van der Waals surface area contributed by atoms with Crippen molar-refractivity contribution in [3.63, 3.8) is 0 Å². The third kappa shape index (κ3) is 2.28. The predicted molar refractivity (Wildman–Crippen MR) is 80.4 cm³/mol. The summed E-state index contributed by atoms with van der Waals surface area (Å²) >= 11 is 6.79. The van der Waals surface area contributed by atoms with E-state index in [2.05, 4.69) is 12.2 Å². The summed E-state index contributed by atoms with van der Waals surface area (Å²) in [5.74, 6) is 0.626. The van der Waals surface area contributed by atoms with Crippen LogP contribution in [0.25, 0.3) is 0 Å². The van der Waals surface area contributed by atoms with Crippen molar-refractivity contribution in [3.8, 4) is 5.75 Å². The summed E-state index contributed by atoms with van der Waals surface area (Å²) in [6.07, 6.45) is 6.01. The second kappa shape index (κ2) is 5.28. The lowest BCUT2D eigenvalue weighted by atomic mass is 9.77. The third-order valence-corrected chi connectivity index (χ3v) is 5.49. The lowest BCUT2D eigenvalue weighted by Gasteiger charge is -2.33. The van der Waals surface area contributed by atoms with E-state index in [-0.39, 0.29) is 23.3 Å². The summed E-state index contributed by atoms with van der Waals surface area (Å²) in [6.45, 7) is 2.32. The van der Waals surface area contributed by atoms with Gasteiger partial charge in [0.25, 0.3) is 5.91 Å². The summed E-state index contributed by atoms with van der Waals surface area (Å²) in [7, 11) is 0. The van der Waals surface area contributed by atoms with E-state index in [1.54, 1.807) is 0 Å². The molecule has 3 rings (SSSR count). The van der Waals surface area contributed by atoms with Gasteiger partial charge in [-0.1, -0.05) is 25.8 Å². The molecule has 4 heteroatoms. The highest BCUT2D eigenvalue weighted by molar-refractivity contribution is 6.21. The highest BCUT2D eigenvalue weighted by atomic mass is 35.5. The number of ether oxygens (including phenoxy) is 1. The van der Waals surface area contributed by atoms with Gasteiger partial charge in [-0.25, -0.2) is 0 Å². The molecule has 1 aliphatic carbocycles. The van der Waals surface area contributed by atoms with E-state index < -0.39 is 0 Å². The van der Waals surface area contributed by atoms with Crippen LogP contribution in [0.5, 0.6) is 5.75 Å². The summed E-state index contributed by atoms with van der Waals surface area (Å²) in [5, 5.41) is 2.85. The number of benzene rings is 1. The smallest absolute Gasteiger partial charge is 0.262 e. The van der Waals surface area contributed by atoms with Gasteiger partial charge in [-0.2, -0.15) is 0 Å². The zero-order valence-electron chi connectivity index (χ0n) is 11.7. The van der Waals surface area contributed by atoms with Gasteiger partial charge < -0.3 is 10.1 Å². The van der Waals surface area contributed by atoms with Crippen LogP contribution in [0.4, 0.5) is 5.69 Å². The first-order valence-electron chi connectivity index (χ1n) is 7.35. The third-order valence-electron chi connectivity index (χ3n) is 4.77. The average molecular weight is 294 g/mol. The van der Waals surface area contributed by atoms with E-state index in [0.717, 1.165) is 23.4 Å². The van der Waals surface area contributed by atoms with Gasteiger partial charge in [-0.05, 0) is 42.4 Å². The van der Waals surface area contributed by atoms with Crippen LogP contribution in [-0.2, 0) is 4.79 Å². The van der Waals surface area contributed by atoms with E-state index in [1.165, 1.54) is 25.7 Å². The number of halogens is 1. The van der Waals surface area contributed by atoms with Gasteiger partial charge in [-0.3, -0.25) is 4.79 Å². The van der Waals surface area contributed by atoms with Gasteiger partial charge in [0.05, 0.1) is 11.1 Å². The Bertz CT molecular complexity index is 523. The quantitative estimate of drug-likeness (QED) is 0.845. The molecule has 1 N–H and O–H groups in total. The molecule has 1 unspecified atom stereocenters. The normalized spacial score (nSPS) is 21.8. The maximum Gasteiger partial charge on any atom is 0.262 e. The Balaban J connectivity index is 1.90. The van der Waals surface area contributed by atoms with Crippen LogP contribution in [0, 0.1) is 5.41 Å². The Hall–Kier alpha value is -1.22. The topological polar surface area (TPSA) is 38.3 Å². The Morgan fingerprint density at radius 3 is 2.85 bits per heavy atom. The van der Waals surface area contributed by atoms with E-state index in [4.69, 9.17) is 16.3 Å². The minimum absolute atomic E-state index is 0.000807. The maximum absolute atomic E-state index is 11.4. The van der Waals surface area contributed by atoms with Crippen LogP contribution in [0.1, 0.15) is 50.0 Å². The summed E-state index contributed by atoms with van der Waals surface area (Å²) < 4.78 is 5.39. The molecule has 3 nitrogen and oxygen atoms in total. The lowest BCUT2D eigenvalue weighted by molar-refractivity contribution is -0.118. The fourth-order valence-corrected chi connectivity index (χ4v) is 3.99. The van der Waals surface area contributed by atoms with E-state index in [1.807, 2.05) is 18.2 Å². The highest BCUT2D eigenvalue weighted by Crippen LogP contribution is 2.53. The maximum atomic E-state index is 11.4. The molecule has 1 heterocycles. The standard InChI is InChI=1S/C16H20ClNO2/c1-2-16(7-3-4-8-16)15(17)11-5-6-13-12(9-11)18-14(19)10-20-13/h5-6,9,15H,2-4,7-8,10H2,1H3,(H,18,19). The first kappa shape index (κ1) is 13.7. The molecule has 20 heavy (non-hydrogen) atoms. The molecule has 1 aromatic rings. The van der Waals surface area contributed by atoms with Crippen molar-refractivity contribution in [3.05, 3.63) is 23.8 Å². The number of hydrogen-bond acceptors (Lipinski definition) is 2. The van der Waals surface area contributed by atoms with Gasteiger partial charge in [0, 0.05) is 0 Å². The second-order valence-electron chi connectivity index (χ2n) is 5.88. The molecule has 1 aliphatic heterocycles. The molecular weight excluding hydrogens is 274 g/mol. The molecule has 1 atom stereocenters. The van der Waals surface area contributed by atoms with Crippen molar-refractivity contribution >= 4 is 23.2 Å². The molecule has 0 aromatic heterocycles. The van der Waals surface area contributed by atoms with Crippen molar-refractivity contribution < 1.29 is 9.53 Å². The number of fused-ring (bicyclic) bond motifs is 1. The first-order valence-corrected chi connectivity index (χ1v) is 7.79. The largest absolute Gasteiger partial charge is 0.482 e. The van der Waals surface area contributed by atoms with Crippen molar-refractivity contribution in [2.45, 2.75) is 44.4 Å². The molecule has 0 bridgehead atoms. The van der Waals surface area contributed by atoms with Crippen molar-refractivity contribution in [2.24, 2.45) is 5.41 Å². The molecule has 0 saturated heterocycles. The Labute approximate surface area is 124 Å². The number of nitrogens with one attached hydrogen (secondary N) is 1. The number of alkyl halides is 1. The van der Waals surface area contributed by atoms with Crippen LogP contribution in [0.15, 0.2) is 18.2 Å². The zero-order chi connectivity index (χ0) is 14.2. The molecule has 0 spiro atoms. The van der Waals surface area contributed by atoms with Gasteiger partial charge in [0.1, 0.15) is 5.75 Å². The summed E-state index contributed by atoms with van der Waals surface area (Å²) in [6, 6.07) is 5.92. The number of hydrogen-bond donors (Lipinski definition) is 1. The van der Waals surface area contributed by atoms with E-state index >= 15 is 0 Å². The summed E-state index contributed by atoms with van der Waals surface area (Å²) in [5.41, 5.74) is 2.03. The van der Waals surface area contributed by atoms with E-state index in [0.29, 0.717) is 0 Å². The fraction of sp³-hybridized carbons (Fsp3) is 0.562. The van der Waals surface area contributed by atoms with Crippen LogP contribution in [0.2, 0.25) is 0 Å². The number of carbonyl (C=O) groups is 1. The number of amides is 1. The van der Waals surface area contributed by atoms with Crippen molar-refractivity contribution in [1.82, 2.24) is 0 Å². The molecule has 1 aromatic carbocycles. The SMILES string of the molecule is CCC1(C(Cl)c2ccc3c(c2)NC(=O)CO3)CCCC1. The van der Waals surface area contributed by atoms with Crippen molar-refractivity contribution in [1.29, 1.82) is 0 Å². The molecule has 1 fully saturated rings. The van der Waals surface area contributed by atoms with Crippen molar-refractivity contribution in [2.75, 3.05) is 11.9 Å². The number of rotatable bonds is 3. The zero-order valence-corrected chi connectivity index (χ0v) is 12.5. The predicted octanol–water partition coefficient (Wildman–Crippen LogP) is 4.27. The molecule has 1 saturated carbocycles. The van der Waals surface area contributed by atoms with Crippen LogP contribution < -0.4 is 10.1 Å². The number of carbonyl (C=O) groups excluding carboxylic acids is 1. The highest BCUT2D eigenvalue weighted by Gasteiger charge is 2.39. The van der Waals surface area contributed by atoms with Gasteiger partial charge in [-0.15, -0.1) is 11.6 Å². The Morgan fingerprint density at radius 2 is 2.15 bits per heavy atom. The van der Waals surface area contributed by atoms with Crippen LogP contribution in [0.3, 0.4) is 0 Å². The Kier molecular flexibility index (Phi) is 3.63. The molecule has 1 amide bonds. The minimum Gasteiger partial charge on any atom is -0.482 e. The second-order valence-corrected chi connectivity index (χ2v) is 6.31. The average Bonchev–Trinajstić information content (AvgIpc) is 2.95. The summed E-state index contributed by atoms with van der Waals surface area (Å²) in [4.78, 5) is 11.4. The minimum atomic E-state index is -0.105. The monoisotopic (exact) mass is 293 g/mol. The van der Waals surface area contributed by atoms with Crippen LogP contribution in [-0.4, -0.2) is 12.5 Å². The lowest BCUT2D eigenvalue weighted by Crippen LogP contribution is -2.26. The molecule has 108 valence electrons.